The van der Waals surface area contributed by atoms with E-state index < -0.39 is 16.7 Å². The second-order valence-corrected chi connectivity index (χ2v) is 5.36. The van der Waals surface area contributed by atoms with Crippen LogP contribution in [-0.2, 0) is 11.3 Å². The summed E-state index contributed by atoms with van der Waals surface area (Å²) in [5.74, 6) is -1.20. The molecule has 7 nitrogen and oxygen atoms in total. The molecule has 0 fully saturated rings. The molecular formula is C18H13FN2O5. The first-order chi connectivity index (χ1) is 12.5. The van der Waals surface area contributed by atoms with E-state index in [1.807, 2.05) is 0 Å². The van der Waals surface area contributed by atoms with Crippen LogP contribution in [0.1, 0.15) is 15.9 Å². The molecule has 8 heteroatoms. The van der Waals surface area contributed by atoms with Gasteiger partial charge >= 0.3 is 11.7 Å². The Morgan fingerprint density at radius 3 is 2.81 bits per heavy atom. The number of nitro groups is 1. The molecule has 0 amide bonds. The first kappa shape index (κ1) is 17.3. The third kappa shape index (κ3) is 3.44. The minimum atomic E-state index is -0.694. The summed E-state index contributed by atoms with van der Waals surface area (Å²) in [6, 6.07) is 9.74. The van der Waals surface area contributed by atoms with Crippen molar-refractivity contribution in [3.63, 3.8) is 0 Å². The highest BCUT2D eigenvalue weighted by molar-refractivity contribution is 5.90. The maximum atomic E-state index is 13.8. The Kier molecular flexibility index (Phi) is 4.74. The third-order valence-electron chi connectivity index (χ3n) is 3.71. The Labute approximate surface area is 147 Å². The number of carbonyl (C=O) groups is 1. The molecule has 1 heterocycles. The van der Waals surface area contributed by atoms with Gasteiger partial charge in [-0.2, -0.15) is 0 Å². The molecule has 0 aliphatic heterocycles. The lowest BCUT2D eigenvalue weighted by atomic mass is 10.1. The first-order valence-corrected chi connectivity index (χ1v) is 7.52. The van der Waals surface area contributed by atoms with E-state index in [1.54, 1.807) is 18.3 Å². The van der Waals surface area contributed by atoms with Gasteiger partial charge in [-0.05, 0) is 30.3 Å². The van der Waals surface area contributed by atoms with Crippen LogP contribution < -0.4 is 4.74 Å². The van der Waals surface area contributed by atoms with Crippen molar-refractivity contribution in [3.8, 4) is 5.75 Å². The lowest BCUT2D eigenvalue weighted by molar-refractivity contribution is -0.386. The van der Waals surface area contributed by atoms with Crippen molar-refractivity contribution in [2.24, 2.45) is 0 Å². The van der Waals surface area contributed by atoms with Crippen molar-refractivity contribution in [2.45, 2.75) is 6.61 Å². The van der Waals surface area contributed by atoms with Crippen LogP contribution in [0.3, 0.4) is 0 Å². The molecule has 0 atom stereocenters. The highest BCUT2D eigenvalue weighted by atomic mass is 19.1. The summed E-state index contributed by atoms with van der Waals surface area (Å²) >= 11 is 0. The number of hydrogen-bond donors (Lipinski definition) is 0. The molecule has 0 saturated heterocycles. The summed E-state index contributed by atoms with van der Waals surface area (Å²) in [5.41, 5.74) is 0.640. The average molecular weight is 356 g/mol. The summed E-state index contributed by atoms with van der Waals surface area (Å²) in [5, 5.41) is 11.9. The summed E-state index contributed by atoms with van der Waals surface area (Å²) in [6.07, 6.45) is 1.57. The van der Waals surface area contributed by atoms with Crippen molar-refractivity contribution < 1.29 is 23.6 Å². The third-order valence-corrected chi connectivity index (χ3v) is 3.71. The Balaban J connectivity index is 1.93. The minimum Gasteiger partial charge on any atom is -0.482 e. The molecule has 3 aromatic rings. The van der Waals surface area contributed by atoms with Gasteiger partial charge in [0.1, 0.15) is 12.4 Å². The number of aromatic nitrogens is 1. The fraction of sp³-hybridized carbons (Fsp3) is 0.111. The van der Waals surface area contributed by atoms with Gasteiger partial charge in [-0.1, -0.05) is 6.07 Å². The molecule has 0 N–H and O–H groups in total. The van der Waals surface area contributed by atoms with Gasteiger partial charge in [0.05, 0.1) is 23.1 Å². The van der Waals surface area contributed by atoms with Crippen LogP contribution in [0, 0.1) is 15.9 Å². The lowest BCUT2D eigenvalue weighted by Gasteiger charge is -2.10. The molecule has 0 aliphatic rings. The molecule has 0 saturated carbocycles. The van der Waals surface area contributed by atoms with Crippen molar-refractivity contribution >= 4 is 22.6 Å². The average Bonchev–Trinajstić information content (AvgIpc) is 2.65. The highest BCUT2D eigenvalue weighted by Crippen LogP contribution is 2.30. The second-order valence-electron chi connectivity index (χ2n) is 5.36. The van der Waals surface area contributed by atoms with Crippen molar-refractivity contribution in [1.29, 1.82) is 0 Å². The topological polar surface area (TPSA) is 91.6 Å². The number of ether oxygens (including phenoxy) is 2. The summed E-state index contributed by atoms with van der Waals surface area (Å²) in [7, 11) is 1.18. The van der Waals surface area contributed by atoms with E-state index in [2.05, 4.69) is 9.72 Å². The SMILES string of the molecule is COC(=O)c1ccc(OCc2cc(F)cc3cccnc23)c([N+](=O)[O-])c1. The Hall–Kier alpha value is -3.55. The van der Waals surface area contributed by atoms with E-state index >= 15 is 0 Å². The number of pyridine rings is 1. The van der Waals surface area contributed by atoms with Crippen molar-refractivity contribution in [1.82, 2.24) is 4.98 Å². The number of benzene rings is 2. The molecule has 0 unspecified atom stereocenters. The zero-order chi connectivity index (χ0) is 18.7. The van der Waals surface area contributed by atoms with E-state index in [0.717, 1.165) is 6.07 Å². The fourth-order valence-corrected chi connectivity index (χ4v) is 2.52. The summed E-state index contributed by atoms with van der Waals surface area (Å²) in [4.78, 5) is 26.3. The van der Waals surface area contributed by atoms with Gasteiger partial charge in [-0.25, -0.2) is 9.18 Å². The highest BCUT2D eigenvalue weighted by Gasteiger charge is 2.19. The van der Waals surface area contributed by atoms with E-state index in [1.165, 1.54) is 31.4 Å². The number of halogens is 1. The van der Waals surface area contributed by atoms with Crippen LogP contribution in [0.4, 0.5) is 10.1 Å². The van der Waals surface area contributed by atoms with E-state index in [0.29, 0.717) is 16.5 Å². The van der Waals surface area contributed by atoms with Gasteiger partial charge in [0.25, 0.3) is 0 Å². The maximum Gasteiger partial charge on any atom is 0.338 e. The Morgan fingerprint density at radius 2 is 2.08 bits per heavy atom. The largest absolute Gasteiger partial charge is 0.482 e. The fourth-order valence-electron chi connectivity index (χ4n) is 2.52. The minimum absolute atomic E-state index is 0.0319. The van der Waals surface area contributed by atoms with E-state index in [9.17, 15) is 19.3 Å². The molecular weight excluding hydrogens is 343 g/mol. The quantitative estimate of drug-likeness (QED) is 0.394. The molecule has 0 spiro atoms. The molecule has 26 heavy (non-hydrogen) atoms. The zero-order valence-electron chi connectivity index (χ0n) is 13.6. The summed E-state index contributed by atoms with van der Waals surface area (Å²) in [6.45, 7) is -0.121. The van der Waals surface area contributed by atoms with Crippen LogP contribution in [0.25, 0.3) is 10.9 Å². The zero-order valence-corrected chi connectivity index (χ0v) is 13.6. The second kappa shape index (κ2) is 7.14. The molecule has 132 valence electrons. The number of nitro benzene ring substituents is 1. The van der Waals surface area contributed by atoms with Gasteiger partial charge in [0, 0.05) is 23.2 Å². The van der Waals surface area contributed by atoms with Gasteiger partial charge in [-0.3, -0.25) is 15.1 Å². The number of hydrogen-bond acceptors (Lipinski definition) is 6. The van der Waals surface area contributed by atoms with Crippen molar-refractivity contribution in [2.75, 3.05) is 7.11 Å². The van der Waals surface area contributed by atoms with E-state index in [4.69, 9.17) is 4.74 Å². The number of rotatable bonds is 5. The Bertz CT molecular complexity index is 1010. The number of nitrogens with zero attached hydrogens (tertiary/aromatic N) is 2. The number of fused-ring (bicyclic) bond motifs is 1. The van der Waals surface area contributed by atoms with Gasteiger partial charge in [0.2, 0.25) is 0 Å². The molecule has 0 radical (unpaired) electrons. The number of esters is 1. The van der Waals surface area contributed by atoms with Crippen LogP contribution in [0.2, 0.25) is 0 Å². The summed E-state index contributed by atoms with van der Waals surface area (Å²) < 4.78 is 23.8. The normalized spacial score (nSPS) is 10.5. The van der Waals surface area contributed by atoms with Crippen LogP contribution in [0.5, 0.6) is 5.75 Å². The number of methoxy groups -OCH3 is 1. The molecule has 0 aliphatic carbocycles. The maximum absolute atomic E-state index is 13.8. The molecule has 0 bridgehead atoms. The predicted molar refractivity (Wildman–Crippen MR) is 90.5 cm³/mol. The smallest absolute Gasteiger partial charge is 0.338 e. The van der Waals surface area contributed by atoms with Gasteiger partial charge in [-0.15, -0.1) is 0 Å². The number of carbonyl (C=O) groups excluding carboxylic acids is 1. The standard InChI is InChI=1S/C18H13FN2O5/c1-25-18(22)12-4-5-16(15(9-12)21(23)24)26-10-13-8-14(19)7-11-3-2-6-20-17(11)13/h2-9H,10H2,1H3. The lowest BCUT2D eigenvalue weighted by Crippen LogP contribution is -2.05. The van der Waals surface area contributed by atoms with Crippen molar-refractivity contribution in [3.05, 3.63) is 75.7 Å². The first-order valence-electron chi connectivity index (χ1n) is 7.52. The van der Waals surface area contributed by atoms with Crippen LogP contribution in [0.15, 0.2) is 48.7 Å². The predicted octanol–water partition coefficient (Wildman–Crippen LogP) is 3.65. The molecule has 1 aromatic heterocycles. The van der Waals surface area contributed by atoms with Crippen LogP contribution >= 0.6 is 0 Å². The van der Waals surface area contributed by atoms with E-state index in [-0.39, 0.29) is 23.6 Å². The molecule has 3 rings (SSSR count). The Morgan fingerprint density at radius 1 is 1.27 bits per heavy atom. The molecule has 2 aromatic carbocycles. The van der Waals surface area contributed by atoms with Gasteiger partial charge in [0.15, 0.2) is 5.75 Å². The monoisotopic (exact) mass is 356 g/mol. The van der Waals surface area contributed by atoms with Gasteiger partial charge < -0.3 is 9.47 Å². The van der Waals surface area contributed by atoms with Crippen LogP contribution in [-0.4, -0.2) is 23.0 Å².